The highest BCUT2D eigenvalue weighted by atomic mass is 16.4. The number of nitrogens with zero attached hydrogens (tertiary/aromatic N) is 1. The van der Waals surface area contributed by atoms with Gasteiger partial charge in [0.25, 0.3) is 0 Å². The number of carboxylic acids is 1. The van der Waals surface area contributed by atoms with Crippen LogP contribution in [0.15, 0.2) is 90.0 Å². The van der Waals surface area contributed by atoms with Crippen LogP contribution in [0.3, 0.4) is 0 Å². The van der Waals surface area contributed by atoms with Gasteiger partial charge in [0.2, 0.25) is 0 Å². The van der Waals surface area contributed by atoms with Gasteiger partial charge < -0.3 is 10.2 Å². The van der Waals surface area contributed by atoms with Gasteiger partial charge in [-0.2, -0.15) is 0 Å². The average Bonchev–Trinajstić information content (AvgIpc) is 3.02. The lowest BCUT2D eigenvalue weighted by Crippen LogP contribution is -2.15. The number of carbonyl (C=O) groups is 1. The van der Waals surface area contributed by atoms with Crippen LogP contribution >= 0.6 is 0 Å². The van der Waals surface area contributed by atoms with Crippen molar-refractivity contribution in [2.24, 2.45) is 5.92 Å². The zero-order valence-corrected chi connectivity index (χ0v) is 18.5. The molecule has 3 aromatic carbocycles. The van der Waals surface area contributed by atoms with Crippen LogP contribution < -0.4 is 0 Å². The molecular weight excluding hydrogens is 410 g/mol. The number of aliphatic carboxylic acids is 1. The molecule has 4 nitrogen and oxygen atoms in total. The van der Waals surface area contributed by atoms with Gasteiger partial charge in [0.05, 0.1) is 23.7 Å². The summed E-state index contributed by atoms with van der Waals surface area (Å²) in [7, 11) is 0. The Bertz CT molecular complexity index is 1430. The van der Waals surface area contributed by atoms with Crippen LogP contribution in [0, 0.1) is 5.92 Å². The first-order valence-corrected chi connectivity index (χ1v) is 11.2. The lowest BCUT2D eigenvalue weighted by molar-refractivity contribution is -0.140. The van der Waals surface area contributed by atoms with E-state index in [2.05, 4.69) is 30.3 Å². The van der Waals surface area contributed by atoms with Gasteiger partial charge in [0.15, 0.2) is 0 Å². The summed E-state index contributed by atoms with van der Waals surface area (Å²) < 4.78 is 0. The molecule has 1 aromatic heterocycles. The van der Waals surface area contributed by atoms with Crippen LogP contribution in [0.4, 0.5) is 0 Å². The third kappa shape index (κ3) is 3.83. The van der Waals surface area contributed by atoms with Crippen LogP contribution in [-0.2, 0) is 4.79 Å². The monoisotopic (exact) mass is 435 g/mol. The maximum atomic E-state index is 11.9. The molecule has 1 unspecified atom stereocenters. The van der Waals surface area contributed by atoms with Crippen LogP contribution in [0.2, 0.25) is 0 Å². The van der Waals surface area contributed by atoms with Crippen LogP contribution in [0.25, 0.3) is 38.5 Å². The second-order valence-corrected chi connectivity index (χ2v) is 8.59. The van der Waals surface area contributed by atoms with Crippen molar-refractivity contribution < 1.29 is 15.0 Å². The molecule has 164 valence electrons. The normalized spacial score (nSPS) is 16.7. The molecule has 0 spiro atoms. The third-order valence-corrected chi connectivity index (χ3v) is 6.61. The van der Waals surface area contributed by atoms with E-state index in [1.807, 2.05) is 55.5 Å². The number of hydrogen-bond acceptors (Lipinski definition) is 3. The van der Waals surface area contributed by atoms with Crippen LogP contribution in [0.1, 0.15) is 25.3 Å². The maximum Gasteiger partial charge on any atom is 0.310 e. The number of allylic oxidation sites excluding steroid dienone is 2. The molecule has 4 aromatic rings. The standard InChI is InChI=1S/C29H25NO3/c1-18-22(29(32)33)13-11-19(17-31)15-26(18)21-12-14-24-23-9-5-6-10-25(23)28(30-27(24)16-21)20-7-3-2-4-8-20/h2-10,12,14-16,22,31H,11,13,17H2,1H3,(H,32,33). The third-order valence-electron chi connectivity index (χ3n) is 6.61. The van der Waals surface area contributed by atoms with Crippen molar-refractivity contribution in [2.45, 2.75) is 19.8 Å². The fraction of sp³-hybridized carbons (Fsp3) is 0.172. The summed E-state index contributed by atoms with van der Waals surface area (Å²) in [6.07, 6.45) is 3.02. The number of aliphatic hydroxyl groups is 1. The Morgan fingerprint density at radius 1 is 0.939 bits per heavy atom. The van der Waals surface area contributed by atoms with E-state index in [-0.39, 0.29) is 6.61 Å². The van der Waals surface area contributed by atoms with E-state index in [1.165, 1.54) is 0 Å². The summed E-state index contributed by atoms with van der Waals surface area (Å²) in [5.41, 5.74) is 6.29. The molecule has 1 heterocycles. The molecule has 0 bridgehead atoms. The van der Waals surface area contributed by atoms with Crippen molar-refractivity contribution in [3.05, 3.63) is 95.6 Å². The molecule has 0 radical (unpaired) electrons. The Labute approximate surface area is 192 Å². The fourth-order valence-electron chi connectivity index (χ4n) is 4.81. The van der Waals surface area contributed by atoms with Gasteiger partial charge in [-0.05, 0) is 47.9 Å². The minimum atomic E-state index is -0.825. The molecule has 1 atom stereocenters. The molecule has 5 rings (SSSR count). The van der Waals surface area contributed by atoms with E-state index in [0.717, 1.165) is 55.2 Å². The highest BCUT2D eigenvalue weighted by molar-refractivity contribution is 6.11. The Kier molecular flexibility index (Phi) is 5.53. The van der Waals surface area contributed by atoms with Crippen LogP contribution in [-0.4, -0.2) is 27.8 Å². The highest BCUT2D eigenvalue weighted by Gasteiger charge is 2.25. The summed E-state index contributed by atoms with van der Waals surface area (Å²) in [4.78, 5) is 17.0. The molecule has 4 heteroatoms. The molecule has 0 aliphatic heterocycles. The van der Waals surface area contributed by atoms with Gasteiger partial charge in [0, 0.05) is 16.3 Å². The number of fused-ring (bicyclic) bond motifs is 3. The molecule has 2 N–H and O–H groups in total. The molecule has 0 saturated heterocycles. The van der Waals surface area contributed by atoms with Gasteiger partial charge >= 0.3 is 5.97 Å². The number of benzene rings is 3. The number of aliphatic hydroxyl groups excluding tert-OH is 1. The smallest absolute Gasteiger partial charge is 0.310 e. The van der Waals surface area contributed by atoms with Gasteiger partial charge in [-0.1, -0.05) is 78.4 Å². The molecule has 0 amide bonds. The largest absolute Gasteiger partial charge is 0.481 e. The Morgan fingerprint density at radius 2 is 1.67 bits per heavy atom. The number of pyridine rings is 1. The summed E-state index contributed by atoms with van der Waals surface area (Å²) in [5, 5.41) is 22.9. The first kappa shape index (κ1) is 21.1. The number of hydrogen-bond donors (Lipinski definition) is 2. The molecule has 1 aliphatic rings. The number of aromatic nitrogens is 1. The SMILES string of the molecule is CC1=C(c2ccc3c(c2)nc(-c2ccccc2)c2ccccc23)C=C(CO)CCC1C(=O)O. The number of carboxylic acid groups (broad SMARTS) is 1. The van der Waals surface area contributed by atoms with Crippen molar-refractivity contribution >= 4 is 33.2 Å². The van der Waals surface area contributed by atoms with E-state index < -0.39 is 11.9 Å². The summed E-state index contributed by atoms with van der Waals surface area (Å²) >= 11 is 0. The van der Waals surface area contributed by atoms with E-state index in [4.69, 9.17) is 4.98 Å². The van der Waals surface area contributed by atoms with E-state index in [9.17, 15) is 15.0 Å². The lowest BCUT2D eigenvalue weighted by Gasteiger charge is -2.15. The van der Waals surface area contributed by atoms with Crippen molar-refractivity contribution in [3.63, 3.8) is 0 Å². The second-order valence-electron chi connectivity index (χ2n) is 8.59. The van der Waals surface area contributed by atoms with Gasteiger partial charge in [-0.15, -0.1) is 0 Å². The lowest BCUT2D eigenvalue weighted by atomic mass is 9.90. The van der Waals surface area contributed by atoms with Crippen molar-refractivity contribution in [1.29, 1.82) is 0 Å². The van der Waals surface area contributed by atoms with Crippen LogP contribution in [0.5, 0.6) is 0 Å². The van der Waals surface area contributed by atoms with Gasteiger partial charge in [-0.25, -0.2) is 4.98 Å². The summed E-state index contributed by atoms with van der Waals surface area (Å²) in [5.74, 6) is -1.39. The van der Waals surface area contributed by atoms with Crippen molar-refractivity contribution in [3.8, 4) is 11.3 Å². The van der Waals surface area contributed by atoms with E-state index in [0.29, 0.717) is 12.8 Å². The molecule has 0 saturated carbocycles. The Hall–Kier alpha value is -3.76. The predicted octanol–water partition coefficient (Wildman–Crippen LogP) is 6.24. The zero-order valence-electron chi connectivity index (χ0n) is 18.5. The fourth-order valence-corrected chi connectivity index (χ4v) is 4.81. The highest BCUT2D eigenvalue weighted by Crippen LogP contribution is 2.37. The minimum Gasteiger partial charge on any atom is -0.481 e. The Morgan fingerprint density at radius 3 is 2.39 bits per heavy atom. The first-order chi connectivity index (χ1) is 16.1. The van der Waals surface area contributed by atoms with E-state index >= 15 is 0 Å². The quantitative estimate of drug-likeness (QED) is 0.372. The van der Waals surface area contributed by atoms with Gasteiger partial charge in [-0.3, -0.25) is 4.79 Å². The van der Waals surface area contributed by atoms with E-state index in [1.54, 1.807) is 0 Å². The molecule has 33 heavy (non-hydrogen) atoms. The summed E-state index contributed by atoms with van der Waals surface area (Å²) in [6.45, 7) is 1.82. The molecule has 0 fully saturated rings. The first-order valence-electron chi connectivity index (χ1n) is 11.2. The number of rotatable bonds is 4. The maximum absolute atomic E-state index is 11.9. The zero-order chi connectivity index (χ0) is 22.9. The minimum absolute atomic E-state index is 0.0717. The Balaban J connectivity index is 1.76. The molecule has 1 aliphatic carbocycles. The van der Waals surface area contributed by atoms with Crippen molar-refractivity contribution in [2.75, 3.05) is 6.61 Å². The van der Waals surface area contributed by atoms with Crippen molar-refractivity contribution in [1.82, 2.24) is 4.98 Å². The second kappa shape index (κ2) is 8.64. The average molecular weight is 436 g/mol. The predicted molar refractivity (Wildman–Crippen MR) is 133 cm³/mol. The van der Waals surface area contributed by atoms with Gasteiger partial charge in [0.1, 0.15) is 0 Å². The topological polar surface area (TPSA) is 70.4 Å². The molecular formula is C29H25NO3. The summed E-state index contributed by atoms with van der Waals surface area (Å²) in [6, 6.07) is 24.6.